The molecule has 0 saturated heterocycles. The summed E-state index contributed by atoms with van der Waals surface area (Å²) in [6, 6.07) is 3.84. The topological polar surface area (TPSA) is 114 Å². The molecule has 0 saturated carbocycles. The first-order valence-corrected chi connectivity index (χ1v) is 7.84. The maximum absolute atomic E-state index is 11.8. The average Bonchev–Trinajstić information content (AvgIpc) is 2.87. The number of carbonyl (C=O) groups excluding carboxylic acids is 2. The van der Waals surface area contributed by atoms with E-state index in [4.69, 9.17) is 0 Å². The fraction of sp³-hybridized carbons (Fsp3) is 0.250. The zero-order chi connectivity index (χ0) is 16.3. The molecule has 2 N–H and O–H groups in total. The second kappa shape index (κ2) is 6.71. The first kappa shape index (κ1) is 16.2. The molecule has 3 amide bonds. The standard InChI is InChI=1S/C12H12N4O4S2/c1-6(10(17)15-11(18)13-2)21-12-14-8-4-3-7(16(19)20)5-9(8)22-12/h3-6H,1-2H3,(H2,13,15,17,18)/t6-/m1/s1. The first-order chi connectivity index (χ1) is 10.4. The number of urea groups is 1. The highest BCUT2D eigenvalue weighted by Gasteiger charge is 2.19. The Hall–Kier alpha value is -2.20. The van der Waals surface area contributed by atoms with Crippen molar-refractivity contribution < 1.29 is 14.5 Å². The largest absolute Gasteiger partial charge is 0.341 e. The normalized spacial score (nSPS) is 11.9. The van der Waals surface area contributed by atoms with Crippen molar-refractivity contribution in [3.8, 4) is 0 Å². The number of nitro benzene ring substituents is 1. The highest BCUT2D eigenvalue weighted by Crippen LogP contribution is 2.33. The highest BCUT2D eigenvalue weighted by molar-refractivity contribution is 8.02. The Kier molecular flexibility index (Phi) is 4.93. The smallest absolute Gasteiger partial charge is 0.321 e. The number of aromatic nitrogens is 1. The van der Waals surface area contributed by atoms with Crippen molar-refractivity contribution in [3.05, 3.63) is 28.3 Å². The molecule has 8 nitrogen and oxygen atoms in total. The number of thiazole rings is 1. The van der Waals surface area contributed by atoms with E-state index in [2.05, 4.69) is 15.6 Å². The van der Waals surface area contributed by atoms with Crippen LogP contribution in [0.5, 0.6) is 0 Å². The van der Waals surface area contributed by atoms with Crippen molar-refractivity contribution >= 4 is 50.9 Å². The minimum absolute atomic E-state index is 0.00175. The van der Waals surface area contributed by atoms with Crippen LogP contribution < -0.4 is 10.6 Å². The molecule has 116 valence electrons. The first-order valence-electron chi connectivity index (χ1n) is 6.15. The Bertz CT molecular complexity index is 746. The lowest BCUT2D eigenvalue weighted by Crippen LogP contribution is -2.41. The SMILES string of the molecule is CNC(=O)NC(=O)[C@@H](C)Sc1nc2ccc([N+](=O)[O-])cc2s1. The van der Waals surface area contributed by atoms with Crippen molar-refractivity contribution in [2.24, 2.45) is 0 Å². The minimum Gasteiger partial charge on any atom is -0.341 e. The summed E-state index contributed by atoms with van der Waals surface area (Å²) in [5.74, 6) is -0.436. The fourth-order valence-corrected chi connectivity index (χ4v) is 3.78. The van der Waals surface area contributed by atoms with Gasteiger partial charge in [-0.25, -0.2) is 9.78 Å². The summed E-state index contributed by atoms with van der Waals surface area (Å²) in [6.45, 7) is 1.65. The number of thioether (sulfide) groups is 1. The zero-order valence-corrected chi connectivity index (χ0v) is 13.3. The summed E-state index contributed by atoms with van der Waals surface area (Å²) in [5.41, 5.74) is 0.634. The quantitative estimate of drug-likeness (QED) is 0.501. The van der Waals surface area contributed by atoms with E-state index in [1.807, 2.05) is 0 Å². The van der Waals surface area contributed by atoms with Crippen molar-refractivity contribution in [2.45, 2.75) is 16.5 Å². The van der Waals surface area contributed by atoms with E-state index in [1.165, 1.54) is 42.3 Å². The molecule has 1 aromatic carbocycles. The molecule has 22 heavy (non-hydrogen) atoms. The molecule has 0 aliphatic heterocycles. The van der Waals surface area contributed by atoms with E-state index in [9.17, 15) is 19.7 Å². The summed E-state index contributed by atoms with van der Waals surface area (Å²) in [5, 5.41) is 14.7. The van der Waals surface area contributed by atoms with Crippen LogP contribution in [0.3, 0.4) is 0 Å². The van der Waals surface area contributed by atoms with Gasteiger partial charge in [0.25, 0.3) is 5.69 Å². The van der Waals surface area contributed by atoms with Gasteiger partial charge in [0, 0.05) is 19.2 Å². The highest BCUT2D eigenvalue weighted by atomic mass is 32.2. The molecule has 2 aromatic rings. The molecule has 0 aliphatic carbocycles. The lowest BCUT2D eigenvalue weighted by molar-refractivity contribution is -0.384. The summed E-state index contributed by atoms with van der Waals surface area (Å²) < 4.78 is 1.28. The third-order valence-corrected chi connectivity index (χ3v) is 4.89. The van der Waals surface area contributed by atoms with Gasteiger partial charge in [0.15, 0.2) is 4.34 Å². The maximum Gasteiger partial charge on any atom is 0.321 e. The number of nitro groups is 1. The molecule has 0 radical (unpaired) electrons. The molecular weight excluding hydrogens is 328 g/mol. The van der Waals surface area contributed by atoms with Gasteiger partial charge in [-0.2, -0.15) is 0 Å². The molecular formula is C12H12N4O4S2. The van der Waals surface area contributed by atoms with Gasteiger partial charge >= 0.3 is 6.03 Å². The van der Waals surface area contributed by atoms with Crippen LogP contribution in [0.1, 0.15) is 6.92 Å². The van der Waals surface area contributed by atoms with Gasteiger partial charge in [0.1, 0.15) is 0 Å². The molecule has 1 heterocycles. The molecule has 0 bridgehead atoms. The Labute approximate surface area is 133 Å². The number of carbonyl (C=O) groups is 2. The third-order valence-electron chi connectivity index (χ3n) is 2.67. The second-order valence-electron chi connectivity index (χ2n) is 4.22. The van der Waals surface area contributed by atoms with Crippen LogP contribution >= 0.6 is 23.1 Å². The van der Waals surface area contributed by atoms with Crippen LogP contribution in [0, 0.1) is 10.1 Å². The van der Waals surface area contributed by atoms with Crippen LogP contribution in [-0.4, -0.2) is 34.1 Å². The molecule has 1 aromatic heterocycles. The molecule has 2 rings (SSSR count). The number of hydrogen-bond donors (Lipinski definition) is 2. The van der Waals surface area contributed by atoms with Crippen LogP contribution in [0.15, 0.2) is 22.5 Å². The Morgan fingerprint density at radius 1 is 1.45 bits per heavy atom. The zero-order valence-electron chi connectivity index (χ0n) is 11.7. The lowest BCUT2D eigenvalue weighted by Gasteiger charge is -2.08. The van der Waals surface area contributed by atoms with Crippen molar-refractivity contribution in [2.75, 3.05) is 7.05 Å². The molecule has 0 aliphatic rings. The van der Waals surface area contributed by atoms with Crippen LogP contribution in [-0.2, 0) is 4.79 Å². The van der Waals surface area contributed by atoms with E-state index >= 15 is 0 Å². The van der Waals surface area contributed by atoms with Gasteiger partial charge < -0.3 is 5.32 Å². The van der Waals surface area contributed by atoms with Gasteiger partial charge in [0.2, 0.25) is 5.91 Å². The minimum atomic E-state index is -0.572. The summed E-state index contributed by atoms with van der Waals surface area (Å²) in [6.07, 6.45) is 0. The number of non-ortho nitro benzene ring substituents is 1. The maximum atomic E-state index is 11.8. The Balaban J connectivity index is 2.12. The number of benzene rings is 1. The number of nitrogens with zero attached hydrogens (tertiary/aromatic N) is 2. The van der Waals surface area contributed by atoms with Gasteiger partial charge in [-0.1, -0.05) is 11.8 Å². The number of hydrogen-bond acceptors (Lipinski definition) is 7. The van der Waals surface area contributed by atoms with Gasteiger partial charge in [-0.15, -0.1) is 11.3 Å². The van der Waals surface area contributed by atoms with E-state index in [0.29, 0.717) is 14.6 Å². The predicted molar refractivity (Wildman–Crippen MR) is 84.2 cm³/mol. The van der Waals surface area contributed by atoms with Crippen LogP contribution in [0.4, 0.5) is 10.5 Å². The van der Waals surface area contributed by atoms with Gasteiger partial charge in [0.05, 0.1) is 20.4 Å². The molecule has 0 spiro atoms. The van der Waals surface area contributed by atoms with Gasteiger partial charge in [-0.3, -0.25) is 20.2 Å². The number of imide groups is 1. The summed E-state index contributed by atoms with van der Waals surface area (Å²) >= 11 is 2.46. The average molecular weight is 340 g/mol. The van der Waals surface area contributed by atoms with E-state index in [1.54, 1.807) is 13.0 Å². The lowest BCUT2D eigenvalue weighted by atomic mass is 10.3. The summed E-state index contributed by atoms with van der Waals surface area (Å²) in [7, 11) is 1.42. The second-order valence-corrected chi connectivity index (χ2v) is 6.84. The van der Waals surface area contributed by atoms with E-state index in [-0.39, 0.29) is 5.69 Å². The van der Waals surface area contributed by atoms with E-state index in [0.717, 1.165) is 0 Å². The van der Waals surface area contributed by atoms with Crippen molar-refractivity contribution in [1.29, 1.82) is 0 Å². The third kappa shape index (κ3) is 3.71. The number of amides is 3. The molecule has 1 atom stereocenters. The number of fused-ring (bicyclic) bond motifs is 1. The Morgan fingerprint density at radius 3 is 2.82 bits per heavy atom. The number of rotatable bonds is 4. The molecule has 0 unspecified atom stereocenters. The monoisotopic (exact) mass is 340 g/mol. The van der Waals surface area contributed by atoms with Crippen molar-refractivity contribution in [3.63, 3.8) is 0 Å². The van der Waals surface area contributed by atoms with Crippen LogP contribution in [0.2, 0.25) is 0 Å². The van der Waals surface area contributed by atoms with Gasteiger partial charge in [-0.05, 0) is 13.0 Å². The number of nitrogens with one attached hydrogen (secondary N) is 2. The predicted octanol–water partition coefficient (Wildman–Crippen LogP) is 2.14. The summed E-state index contributed by atoms with van der Waals surface area (Å²) in [4.78, 5) is 37.5. The van der Waals surface area contributed by atoms with Crippen LogP contribution in [0.25, 0.3) is 10.2 Å². The van der Waals surface area contributed by atoms with E-state index < -0.39 is 22.1 Å². The van der Waals surface area contributed by atoms with Crippen molar-refractivity contribution in [1.82, 2.24) is 15.6 Å². The fourth-order valence-electron chi connectivity index (χ4n) is 1.54. The molecule has 10 heteroatoms. The molecule has 0 fully saturated rings. The Morgan fingerprint density at radius 2 is 2.18 bits per heavy atom.